The fourth-order valence-electron chi connectivity index (χ4n) is 4.23. The van der Waals surface area contributed by atoms with Crippen molar-refractivity contribution in [1.29, 1.82) is 0 Å². The minimum Gasteiger partial charge on any atom is -0.496 e. The van der Waals surface area contributed by atoms with Crippen molar-refractivity contribution in [2.75, 3.05) is 47.5 Å². The number of piperidine rings is 2. The van der Waals surface area contributed by atoms with E-state index in [4.69, 9.17) is 14.2 Å². The van der Waals surface area contributed by atoms with Gasteiger partial charge in [0.15, 0.2) is 11.5 Å². The first-order chi connectivity index (χ1) is 13.2. The van der Waals surface area contributed by atoms with Gasteiger partial charge in [-0.3, -0.25) is 9.69 Å². The number of ether oxygens (including phenoxy) is 3. The van der Waals surface area contributed by atoms with Gasteiger partial charge in [0.1, 0.15) is 5.75 Å². The largest absolute Gasteiger partial charge is 0.496 e. The maximum absolute atomic E-state index is 12.9. The van der Waals surface area contributed by atoms with Crippen LogP contribution in [0.15, 0.2) is 12.1 Å². The maximum atomic E-state index is 12.9. The molecule has 158 valence electrons. The molecule has 1 aromatic rings. The van der Waals surface area contributed by atoms with Crippen LogP contribution in [-0.2, 0) is 11.3 Å². The molecule has 0 radical (unpaired) electrons. The molecule has 6 nitrogen and oxygen atoms in total. The molecule has 0 saturated carbocycles. The second kappa shape index (κ2) is 10.8. The van der Waals surface area contributed by atoms with E-state index < -0.39 is 0 Å². The summed E-state index contributed by atoms with van der Waals surface area (Å²) in [6.07, 6.45) is 5.59. The first kappa shape index (κ1) is 22.6. The summed E-state index contributed by atoms with van der Waals surface area (Å²) in [6, 6.07) is 3.85. The number of rotatable bonds is 6. The molecule has 2 aliphatic heterocycles. The van der Waals surface area contributed by atoms with E-state index in [1.165, 1.54) is 6.42 Å². The molecule has 1 amide bonds. The zero-order chi connectivity index (χ0) is 19.2. The van der Waals surface area contributed by atoms with Crippen molar-refractivity contribution in [2.45, 2.75) is 38.6 Å². The normalized spacial score (nSPS) is 20.2. The van der Waals surface area contributed by atoms with Crippen molar-refractivity contribution >= 4 is 18.3 Å². The lowest BCUT2D eigenvalue weighted by Gasteiger charge is -2.36. The smallest absolute Gasteiger partial charge is 0.226 e. The first-order valence-electron chi connectivity index (χ1n) is 9.96. The van der Waals surface area contributed by atoms with E-state index in [9.17, 15) is 4.79 Å². The number of likely N-dealkylation sites (tertiary alicyclic amines) is 2. The zero-order valence-corrected chi connectivity index (χ0v) is 18.1. The fraction of sp³-hybridized carbons (Fsp3) is 0.667. The molecule has 1 aromatic carbocycles. The van der Waals surface area contributed by atoms with Gasteiger partial charge in [-0.05, 0) is 44.7 Å². The Hall–Kier alpha value is -1.66. The number of hydrogen-bond donors (Lipinski definition) is 0. The number of halogens is 1. The molecule has 0 aromatic heterocycles. The van der Waals surface area contributed by atoms with E-state index >= 15 is 0 Å². The van der Waals surface area contributed by atoms with Crippen molar-refractivity contribution in [3.05, 3.63) is 17.7 Å². The number of benzene rings is 1. The highest BCUT2D eigenvalue weighted by Crippen LogP contribution is 2.35. The lowest BCUT2D eigenvalue weighted by molar-refractivity contribution is -0.138. The van der Waals surface area contributed by atoms with Gasteiger partial charge in [0.2, 0.25) is 5.91 Å². The second-order valence-corrected chi connectivity index (χ2v) is 7.48. The van der Waals surface area contributed by atoms with Crippen LogP contribution in [0, 0.1) is 5.92 Å². The Bertz CT molecular complexity index is 650. The number of carbonyl (C=O) groups is 1. The molecule has 2 fully saturated rings. The summed E-state index contributed by atoms with van der Waals surface area (Å²) >= 11 is 0. The molecule has 2 aliphatic rings. The molecule has 0 bridgehead atoms. The quantitative estimate of drug-likeness (QED) is 0.717. The highest BCUT2D eigenvalue weighted by molar-refractivity contribution is 5.85. The van der Waals surface area contributed by atoms with E-state index in [2.05, 4.69) is 9.80 Å². The van der Waals surface area contributed by atoms with Gasteiger partial charge in [-0.15, -0.1) is 12.4 Å². The Morgan fingerprint density at radius 2 is 1.57 bits per heavy atom. The molecule has 1 atom stereocenters. The molecule has 0 N–H and O–H groups in total. The number of methoxy groups -OCH3 is 3. The number of hydrogen-bond acceptors (Lipinski definition) is 5. The predicted molar refractivity (Wildman–Crippen MR) is 112 cm³/mol. The van der Waals surface area contributed by atoms with Gasteiger partial charge >= 0.3 is 0 Å². The Morgan fingerprint density at radius 3 is 2.21 bits per heavy atom. The average molecular weight is 413 g/mol. The standard InChI is InChI=1S/C21H32N2O4.ClH/c1-25-18-13-20(27-3)19(26-2)12-17(18)15-22-9-7-8-16(14-22)21(24)23-10-5-4-6-11-23;/h12-13,16H,4-11,14-15H2,1-3H3;1H. The van der Waals surface area contributed by atoms with Gasteiger partial charge in [-0.1, -0.05) is 0 Å². The Morgan fingerprint density at radius 1 is 0.929 bits per heavy atom. The summed E-state index contributed by atoms with van der Waals surface area (Å²) in [7, 11) is 4.93. The summed E-state index contributed by atoms with van der Waals surface area (Å²) in [5.74, 6) is 2.61. The van der Waals surface area contributed by atoms with Gasteiger partial charge < -0.3 is 19.1 Å². The van der Waals surface area contributed by atoms with Crippen LogP contribution in [0.25, 0.3) is 0 Å². The van der Waals surface area contributed by atoms with Gasteiger partial charge in [0.25, 0.3) is 0 Å². The lowest BCUT2D eigenvalue weighted by atomic mass is 9.95. The summed E-state index contributed by atoms with van der Waals surface area (Å²) < 4.78 is 16.4. The number of amides is 1. The SMILES string of the molecule is COc1cc(OC)c(OC)cc1CN1CCCC(C(=O)N2CCCCC2)C1.Cl. The predicted octanol–water partition coefficient (Wildman–Crippen LogP) is 3.36. The van der Waals surface area contributed by atoms with Crippen LogP contribution >= 0.6 is 12.4 Å². The van der Waals surface area contributed by atoms with E-state index in [1.807, 2.05) is 12.1 Å². The molecule has 1 unspecified atom stereocenters. The van der Waals surface area contributed by atoms with Crippen molar-refractivity contribution < 1.29 is 19.0 Å². The van der Waals surface area contributed by atoms with Gasteiger partial charge in [0.05, 0.1) is 27.2 Å². The zero-order valence-electron chi connectivity index (χ0n) is 17.2. The van der Waals surface area contributed by atoms with E-state index in [0.717, 1.165) is 69.7 Å². The average Bonchev–Trinajstić information content (AvgIpc) is 2.73. The van der Waals surface area contributed by atoms with Crippen molar-refractivity contribution in [3.63, 3.8) is 0 Å². The number of nitrogens with zero attached hydrogens (tertiary/aromatic N) is 2. The first-order valence-corrected chi connectivity index (χ1v) is 9.96. The third kappa shape index (κ3) is 5.23. The van der Waals surface area contributed by atoms with Gasteiger partial charge in [0, 0.05) is 37.8 Å². The van der Waals surface area contributed by atoms with E-state index in [0.29, 0.717) is 17.4 Å². The van der Waals surface area contributed by atoms with Crippen LogP contribution in [0.5, 0.6) is 17.2 Å². The molecular weight excluding hydrogens is 380 g/mol. The van der Waals surface area contributed by atoms with Crippen LogP contribution in [-0.4, -0.2) is 63.2 Å². The second-order valence-electron chi connectivity index (χ2n) is 7.48. The van der Waals surface area contributed by atoms with Gasteiger partial charge in [-0.2, -0.15) is 0 Å². The molecule has 0 spiro atoms. The molecule has 7 heteroatoms. The van der Waals surface area contributed by atoms with Crippen LogP contribution in [0.3, 0.4) is 0 Å². The summed E-state index contributed by atoms with van der Waals surface area (Å²) in [6.45, 7) is 4.42. The molecular formula is C21H33ClN2O4. The van der Waals surface area contributed by atoms with E-state index in [1.54, 1.807) is 21.3 Å². The minimum atomic E-state index is 0. The lowest BCUT2D eigenvalue weighted by Crippen LogP contribution is -2.46. The minimum absolute atomic E-state index is 0. The van der Waals surface area contributed by atoms with Crippen LogP contribution in [0.4, 0.5) is 0 Å². The van der Waals surface area contributed by atoms with Crippen LogP contribution in [0.1, 0.15) is 37.7 Å². The van der Waals surface area contributed by atoms with Crippen molar-refractivity contribution in [2.24, 2.45) is 5.92 Å². The maximum Gasteiger partial charge on any atom is 0.226 e. The molecule has 2 heterocycles. The Kier molecular flexibility index (Phi) is 8.70. The van der Waals surface area contributed by atoms with Crippen LogP contribution in [0.2, 0.25) is 0 Å². The Labute approximate surface area is 174 Å². The summed E-state index contributed by atoms with van der Waals surface area (Å²) in [4.78, 5) is 17.3. The molecule has 2 saturated heterocycles. The molecule has 28 heavy (non-hydrogen) atoms. The third-order valence-electron chi connectivity index (χ3n) is 5.70. The summed E-state index contributed by atoms with van der Waals surface area (Å²) in [5, 5.41) is 0. The van der Waals surface area contributed by atoms with Crippen molar-refractivity contribution in [1.82, 2.24) is 9.80 Å². The molecule has 3 rings (SSSR count). The highest BCUT2D eigenvalue weighted by Gasteiger charge is 2.30. The monoisotopic (exact) mass is 412 g/mol. The summed E-state index contributed by atoms with van der Waals surface area (Å²) in [5.41, 5.74) is 1.06. The van der Waals surface area contributed by atoms with E-state index in [-0.39, 0.29) is 18.3 Å². The van der Waals surface area contributed by atoms with Gasteiger partial charge in [-0.25, -0.2) is 0 Å². The van der Waals surface area contributed by atoms with Crippen LogP contribution < -0.4 is 14.2 Å². The third-order valence-corrected chi connectivity index (χ3v) is 5.70. The topological polar surface area (TPSA) is 51.2 Å². The van der Waals surface area contributed by atoms with Crippen molar-refractivity contribution in [3.8, 4) is 17.2 Å². The highest BCUT2D eigenvalue weighted by atomic mass is 35.5. The fourth-order valence-corrected chi connectivity index (χ4v) is 4.23. The number of carbonyl (C=O) groups excluding carboxylic acids is 1. The molecule has 0 aliphatic carbocycles. The Balaban J connectivity index is 0.00000280.